The molecule has 2 aromatic rings. The molecular weight excluding hydrogens is 516 g/mol. The number of amides is 1. The van der Waals surface area contributed by atoms with Crippen molar-refractivity contribution in [3.05, 3.63) is 70.3 Å². The van der Waals surface area contributed by atoms with Crippen molar-refractivity contribution in [2.75, 3.05) is 18.1 Å². The first-order chi connectivity index (χ1) is 18.4. The normalized spacial score (nSPS) is 28.0. The summed E-state index contributed by atoms with van der Waals surface area (Å²) in [5.41, 5.74) is 3.91. The number of aryl methyl sites for hydroxylation is 1. The zero-order chi connectivity index (χ0) is 26.6. The number of ether oxygens (including phenoxy) is 1. The number of benzene rings is 2. The number of carbonyl (C=O) groups is 1. The van der Waals surface area contributed by atoms with Crippen molar-refractivity contribution in [1.29, 1.82) is 0 Å². The lowest BCUT2D eigenvalue weighted by Crippen LogP contribution is -2.38. The summed E-state index contributed by atoms with van der Waals surface area (Å²) < 4.78 is 23.4. The number of fused-ring (bicyclic) bond motifs is 3. The van der Waals surface area contributed by atoms with E-state index in [1.807, 2.05) is 25.1 Å². The first kappa shape index (κ1) is 27.3. The minimum Gasteiger partial charge on any atom is -0.491 e. The minimum absolute atomic E-state index is 0.179. The Bertz CT molecular complexity index is 1290. The number of rotatable bonds is 0. The molecule has 38 heavy (non-hydrogen) atoms. The molecule has 4 atom stereocenters. The fourth-order valence-electron chi connectivity index (χ4n) is 5.72. The molecular formula is C31H38ClN2O3S-. The van der Waals surface area contributed by atoms with Crippen LogP contribution in [-0.4, -0.2) is 24.3 Å². The molecule has 0 saturated heterocycles. The molecule has 2 bridgehead atoms. The predicted octanol–water partition coefficient (Wildman–Crippen LogP) is 7.75. The molecule has 1 saturated carbocycles. The van der Waals surface area contributed by atoms with Gasteiger partial charge in [-0.05, 0) is 98.2 Å². The zero-order valence-corrected chi connectivity index (χ0v) is 24.0. The summed E-state index contributed by atoms with van der Waals surface area (Å²) in [5.74, 6) is 1.76. The largest absolute Gasteiger partial charge is 0.491 e. The van der Waals surface area contributed by atoms with Gasteiger partial charge in [-0.2, -0.15) is 10.6 Å². The smallest absolute Gasteiger partial charge is 0.254 e. The molecule has 0 radical (unpaired) electrons. The molecule has 1 aliphatic carbocycles. The average Bonchev–Trinajstić information content (AvgIpc) is 2.92. The molecule has 2 aromatic carbocycles. The van der Waals surface area contributed by atoms with Crippen LogP contribution in [0.25, 0.3) is 0 Å². The Morgan fingerprint density at radius 2 is 1.82 bits per heavy atom. The molecule has 2 aliphatic heterocycles. The zero-order valence-electron chi connectivity index (χ0n) is 22.4. The Morgan fingerprint density at radius 3 is 2.63 bits per heavy atom. The van der Waals surface area contributed by atoms with Gasteiger partial charge in [-0.25, -0.2) is 0 Å². The molecule has 2 heterocycles. The number of hydrogen-bond acceptors (Lipinski definition) is 5. The third-order valence-electron chi connectivity index (χ3n) is 8.61. The van der Waals surface area contributed by atoms with Crippen molar-refractivity contribution >= 4 is 33.8 Å². The quantitative estimate of drug-likeness (QED) is 0.247. The number of anilines is 1. The summed E-state index contributed by atoms with van der Waals surface area (Å²) in [6, 6.07) is 11.8. The highest BCUT2D eigenvalue weighted by Gasteiger charge is 2.32. The molecule has 0 N–H and O–H groups in total. The summed E-state index contributed by atoms with van der Waals surface area (Å²) in [5, 5.41) is 0.566. The molecule has 0 spiro atoms. The topological polar surface area (TPSA) is 59.0 Å². The Hall–Kier alpha value is -2.31. The first-order valence-corrected chi connectivity index (χ1v) is 15.5. The van der Waals surface area contributed by atoms with E-state index in [2.05, 4.69) is 40.5 Å². The number of halogens is 1. The van der Waals surface area contributed by atoms with Crippen LogP contribution in [0.1, 0.15) is 73.9 Å². The number of hydrogen-bond donors (Lipinski definition) is 0. The fraction of sp³-hybridized carbons (Fsp3) is 0.516. The van der Waals surface area contributed by atoms with Gasteiger partial charge < -0.3 is 18.2 Å². The number of allylic oxidation sites excluding steroid dienone is 2. The highest BCUT2D eigenvalue weighted by molar-refractivity contribution is 7.75. The van der Waals surface area contributed by atoms with E-state index >= 15 is 0 Å². The lowest BCUT2D eigenvalue weighted by Gasteiger charge is -2.41. The maximum absolute atomic E-state index is 13.2. The second-order valence-corrected chi connectivity index (χ2v) is 13.1. The van der Waals surface area contributed by atoms with Gasteiger partial charge in [-0.15, -0.1) is 0 Å². The van der Waals surface area contributed by atoms with Gasteiger partial charge in [-0.3, -0.25) is 4.79 Å². The lowest BCUT2D eigenvalue weighted by molar-refractivity contribution is 0.100. The highest BCUT2D eigenvalue weighted by Crippen LogP contribution is 2.41. The first-order valence-electron chi connectivity index (χ1n) is 14.0. The van der Waals surface area contributed by atoms with Crippen molar-refractivity contribution in [3.63, 3.8) is 0 Å². The van der Waals surface area contributed by atoms with Crippen LogP contribution in [0, 0.1) is 17.8 Å². The number of nitrogens with zero attached hydrogens (tertiary/aromatic N) is 2. The van der Waals surface area contributed by atoms with Gasteiger partial charge in [0.2, 0.25) is 0 Å². The molecule has 5 rings (SSSR count). The molecule has 204 valence electrons. The van der Waals surface area contributed by atoms with E-state index in [0.29, 0.717) is 24.0 Å². The van der Waals surface area contributed by atoms with E-state index < -0.39 is 16.5 Å². The monoisotopic (exact) mass is 553 g/mol. The van der Waals surface area contributed by atoms with Crippen LogP contribution in [0.15, 0.2) is 52.9 Å². The SMILES string of the molecule is C[C@@H]1[C@@H](C)C/C=C/C[C@@H]2CC[C@H]2CN2Cc3ccc(Cl)cc3CCCCOc3ccc(cc32)C(=O)N=[S-]1=O. The van der Waals surface area contributed by atoms with Gasteiger partial charge >= 0.3 is 0 Å². The van der Waals surface area contributed by atoms with Gasteiger partial charge in [-0.1, -0.05) is 54.8 Å². The van der Waals surface area contributed by atoms with E-state index in [0.717, 1.165) is 61.7 Å². The van der Waals surface area contributed by atoms with Crippen LogP contribution >= 0.6 is 11.6 Å². The molecule has 7 heteroatoms. The molecule has 1 fully saturated rings. The van der Waals surface area contributed by atoms with Gasteiger partial charge in [0.25, 0.3) is 5.91 Å². The van der Waals surface area contributed by atoms with Gasteiger partial charge in [0, 0.05) is 23.7 Å². The van der Waals surface area contributed by atoms with Crippen LogP contribution in [0.5, 0.6) is 5.75 Å². The molecule has 0 unspecified atom stereocenters. The second-order valence-electron chi connectivity index (χ2n) is 11.2. The van der Waals surface area contributed by atoms with Crippen molar-refractivity contribution in [2.24, 2.45) is 22.1 Å². The third-order valence-corrected chi connectivity index (χ3v) is 10.3. The highest BCUT2D eigenvalue weighted by atomic mass is 35.5. The van der Waals surface area contributed by atoms with Gasteiger partial charge in [0.15, 0.2) is 0 Å². The molecule has 3 aliphatic rings. The minimum atomic E-state index is -1.59. The standard InChI is InChI=1S/C31H38ClN2O3S/c1-21-7-3-4-8-23-10-11-26(23)19-34-20-27-12-14-28(32)17-24(27)9-5-6-16-37-30-15-13-25(18-29(30)34)31(35)33-38(36)22(21)2/h3-4,12-15,17-18,21-23,26H,5-11,16,19-20H2,1-2H3/q-1/b4-3+/t21-,22+,23+,26-/m0/s1. The maximum Gasteiger partial charge on any atom is 0.254 e. The summed E-state index contributed by atoms with van der Waals surface area (Å²) in [4.78, 5) is 15.6. The predicted molar refractivity (Wildman–Crippen MR) is 155 cm³/mol. The maximum atomic E-state index is 13.2. The molecule has 0 aromatic heterocycles. The van der Waals surface area contributed by atoms with Crippen LogP contribution in [0.4, 0.5) is 5.69 Å². The van der Waals surface area contributed by atoms with Crippen LogP contribution < -0.4 is 9.64 Å². The van der Waals surface area contributed by atoms with Crippen molar-refractivity contribution in [3.8, 4) is 5.75 Å². The Labute approximate surface area is 233 Å². The van der Waals surface area contributed by atoms with Crippen molar-refractivity contribution in [2.45, 2.75) is 70.6 Å². The Balaban J connectivity index is 1.59. The van der Waals surface area contributed by atoms with E-state index in [1.54, 1.807) is 6.07 Å². The van der Waals surface area contributed by atoms with E-state index in [-0.39, 0.29) is 11.2 Å². The Kier molecular flexibility index (Phi) is 8.79. The van der Waals surface area contributed by atoms with E-state index in [9.17, 15) is 9.00 Å². The van der Waals surface area contributed by atoms with E-state index in [1.165, 1.54) is 24.0 Å². The van der Waals surface area contributed by atoms with E-state index in [4.69, 9.17) is 16.3 Å². The average molecular weight is 554 g/mol. The van der Waals surface area contributed by atoms with Crippen molar-refractivity contribution < 1.29 is 13.7 Å². The lowest BCUT2D eigenvalue weighted by atomic mass is 9.71. The number of carbonyl (C=O) groups excluding carboxylic acids is 1. The van der Waals surface area contributed by atoms with Crippen LogP contribution in [0.2, 0.25) is 5.02 Å². The fourth-order valence-corrected chi connectivity index (χ4v) is 6.85. The van der Waals surface area contributed by atoms with Crippen LogP contribution in [-0.2, 0) is 27.8 Å². The summed E-state index contributed by atoms with van der Waals surface area (Å²) >= 11 is 6.39. The molecule has 1 amide bonds. The van der Waals surface area contributed by atoms with Crippen LogP contribution in [0.3, 0.4) is 0 Å². The summed E-state index contributed by atoms with van der Waals surface area (Å²) in [6.07, 6.45) is 11.8. The Morgan fingerprint density at radius 1 is 1.00 bits per heavy atom. The second kappa shape index (κ2) is 12.3. The molecule has 5 nitrogen and oxygen atoms in total. The van der Waals surface area contributed by atoms with Gasteiger partial charge in [0.1, 0.15) is 5.75 Å². The third kappa shape index (κ3) is 6.28. The van der Waals surface area contributed by atoms with Crippen molar-refractivity contribution in [1.82, 2.24) is 0 Å². The van der Waals surface area contributed by atoms with Gasteiger partial charge in [0.05, 0.1) is 12.3 Å². The summed E-state index contributed by atoms with van der Waals surface area (Å²) in [7, 11) is -1.59. The summed E-state index contributed by atoms with van der Waals surface area (Å²) in [6.45, 7) is 6.24.